The molecule has 0 spiro atoms. The van der Waals surface area contributed by atoms with Crippen LogP contribution in [0.25, 0.3) is 0 Å². The molecule has 0 bridgehead atoms. The lowest BCUT2D eigenvalue weighted by molar-refractivity contribution is 0.599. The van der Waals surface area contributed by atoms with Crippen molar-refractivity contribution in [2.24, 2.45) is 5.73 Å². The van der Waals surface area contributed by atoms with Crippen LogP contribution in [0.4, 0.5) is 0 Å². The Morgan fingerprint density at radius 3 is 2.45 bits per heavy atom. The predicted molar refractivity (Wildman–Crippen MR) is 50.7 cm³/mol. The molecule has 0 saturated carbocycles. The molecule has 68 valence electrons. The molecule has 0 atom stereocenters. The van der Waals surface area contributed by atoms with Crippen LogP contribution in [-0.4, -0.2) is 38.0 Å². The maximum absolute atomic E-state index is 10.9. The smallest absolute Gasteiger partial charge is 0.150 e. The number of nitrogens with two attached hydrogens (primary N) is 1. The van der Waals surface area contributed by atoms with E-state index in [9.17, 15) is 8.42 Å². The van der Waals surface area contributed by atoms with E-state index in [1.165, 1.54) is 0 Å². The molecule has 0 unspecified atom stereocenters. The molecule has 0 aliphatic heterocycles. The number of sulfone groups is 1. The zero-order valence-corrected chi connectivity index (χ0v) is 8.38. The van der Waals surface area contributed by atoms with E-state index in [1.807, 2.05) is 0 Å². The summed E-state index contributed by atoms with van der Waals surface area (Å²) < 4.78 is 21.8. The lowest BCUT2D eigenvalue weighted by Crippen LogP contribution is -2.11. The van der Waals surface area contributed by atoms with Crippen LogP contribution in [0.3, 0.4) is 0 Å². The van der Waals surface area contributed by atoms with E-state index >= 15 is 0 Å². The molecule has 11 heavy (non-hydrogen) atoms. The van der Waals surface area contributed by atoms with Gasteiger partial charge in [-0.1, -0.05) is 6.92 Å². The maximum atomic E-state index is 10.9. The second kappa shape index (κ2) is 5.85. The quantitative estimate of drug-likeness (QED) is 0.614. The molecule has 0 aromatic heterocycles. The summed E-state index contributed by atoms with van der Waals surface area (Å²) in [7, 11) is -2.76. The summed E-state index contributed by atoms with van der Waals surface area (Å²) in [6.07, 6.45) is 0. The third-order valence-corrected chi connectivity index (χ3v) is 4.22. The zero-order chi connectivity index (χ0) is 8.74. The topological polar surface area (TPSA) is 60.2 Å². The normalized spacial score (nSPS) is 11.8. The molecule has 0 aliphatic rings. The van der Waals surface area contributed by atoms with Crippen LogP contribution < -0.4 is 5.73 Å². The first kappa shape index (κ1) is 11.3. The summed E-state index contributed by atoms with van der Waals surface area (Å²) >= 11 is 1.59. The molecule has 0 amide bonds. The number of thioether (sulfide) groups is 1. The summed E-state index contributed by atoms with van der Waals surface area (Å²) in [4.78, 5) is 0. The monoisotopic (exact) mass is 197 g/mol. The maximum Gasteiger partial charge on any atom is 0.150 e. The lowest BCUT2D eigenvalue weighted by Gasteiger charge is -1.99. The van der Waals surface area contributed by atoms with E-state index in [0.717, 1.165) is 5.75 Å². The molecule has 0 saturated heterocycles. The highest BCUT2D eigenvalue weighted by atomic mass is 32.2. The molecule has 0 aromatic carbocycles. The average Bonchev–Trinajstić information content (AvgIpc) is 1.99. The van der Waals surface area contributed by atoms with Crippen molar-refractivity contribution >= 4 is 21.6 Å². The summed E-state index contributed by atoms with van der Waals surface area (Å²) in [6, 6.07) is 0. The Morgan fingerprint density at radius 2 is 2.00 bits per heavy atom. The van der Waals surface area contributed by atoms with Crippen molar-refractivity contribution < 1.29 is 8.42 Å². The number of hydrogen-bond acceptors (Lipinski definition) is 4. The van der Waals surface area contributed by atoms with Crippen molar-refractivity contribution in [1.29, 1.82) is 0 Å². The summed E-state index contributed by atoms with van der Waals surface area (Å²) in [5.41, 5.74) is 5.24. The summed E-state index contributed by atoms with van der Waals surface area (Å²) in [5.74, 6) is 2.05. The van der Waals surface area contributed by atoms with E-state index in [4.69, 9.17) is 5.73 Å². The van der Waals surface area contributed by atoms with E-state index in [0.29, 0.717) is 12.3 Å². The third kappa shape index (κ3) is 6.65. The van der Waals surface area contributed by atoms with Gasteiger partial charge >= 0.3 is 0 Å². The molecule has 5 heteroatoms. The third-order valence-electron chi connectivity index (χ3n) is 1.24. The van der Waals surface area contributed by atoms with Gasteiger partial charge in [0.2, 0.25) is 0 Å². The van der Waals surface area contributed by atoms with Gasteiger partial charge in [0.1, 0.15) is 0 Å². The van der Waals surface area contributed by atoms with Crippen molar-refractivity contribution in [2.45, 2.75) is 6.92 Å². The zero-order valence-electron chi connectivity index (χ0n) is 6.75. The Labute approximate surface area is 72.7 Å². The van der Waals surface area contributed by atoms with Crippen molar-refractivity contribution in [3.05, 3.63) is 0 Å². The van der Waals surface area contributed by atoms with E-state index in [1.54, 1.807) is 18.7 Å². The van der Waals surface area contributed by atoms with Gasteiger partial charge < -0.3 is 5.73 Å². The Hall–Kier alpha value is 0.260. The molecule has 3 nitrogen and oxygen atoms in total. The summed E-state index contributed by atoms with van der Waals surface area (Å²) in [6.45, 7) is 2.29. The van der Waals surface area contributed by atoms with E-state index in [2.05, 4.69) is 0 Å². The van der Waals surface area contributed by atoms with Crippen LogP contribution >= 0.6 is 11.8 Å². The van der Waals surface area contributed by atoms with Crippen LogP contribution in [-0.2, 0) is 9.84 Å². The largest absolute Gasteiger partial charge is 0.330 e. The molecule has 0 heterocycles. The Kier molecular flexibility index (Phi) is 5.99. The van der Waals surface area contributed by atoms with Gasteiger partial charge in [0.25, 0.3) is 0 Å². The van der Waals surface area contributed by atoms with Gasteiger partial charge in [0.05, 0.1) is 5.75 Å². The highest BCUT2D eigenvalue weighted by Crippen LogP contribution is 2.00. The SMILES string of the molecule is CCS(=O)(=O)CCSCCN. The van der Waals surface area contributed by atoms with Gasteiger partial charge in [-0.15, -0.1) is 0 Å². The molecular weight excluding hydrogens is 182 g/mol. The van der Waals surface area contributed by atoms with Crippen LogP contribution in [0, 0.1) is 0 Å². The van der Waals surface area contributed by atoms with Crippen molar-refractivity contribution in [1.82, 2.24) is 0 Å². The second-order valence-electron chi connectivity index (χ2n) is 2.14. The first-order valence-corrected chi connectivity index (χ1v) is 6.58. The fourth-order valence-electron chi connectivity index (χ4n) is 0.516. The second-order valence-corrected chi connectivity index (χ2v) is 5.83. The van der Waals surface area contributed by atoms with Gasteiger partial charge in [0, 0.05) is 23.8 Å². The fraction of sp³-hybridized carbons (Fsp3) is 1.00. The lowest BCUT2D eigenvalue weighted by atomic mass is 10.8. The molecule has 0 rings (SSSR count). The Bertz CT molecular complexity index is 177. The first-order chi connectivity index (χ1) is 5.12. The minimum Gasteiger partial charge on any atom is -0.330 e. The first-order valence-electron chi connectivity index (χ1n) is 3.60. The van der Waals surface area contributed by atoms with E-state index < -0.39 is 9.84 Å². The Morgan fingerprint density at radius 1 is 1.36 bits per heavy atom. The molecule has 0 aliphatic carbocycles. The van der Waals surface area contributed by atoms with E-state index in [-0.39, 0.29) is 11.5 Å². The van der Waals surface area contributed by atoms with Crippen LogP contribution in [0.15, 0.2) is 0 Å². The van der Waals surface area contributed by atoms with Crippen LogP contribution in [0.1, 0.15) is 6.92 Å². The van der Waals surface area contributed by atoms with Crippen molar-refractivity contribution in [3.8, 4) is 0 Å². The molecule has 0 fully saturated rings. The van der Waals surface area contributed by atoms with Gasteiger partial charge in [-0.3, -0.25) is 0 Å². The summed E-state index contributed by atoms with van der Waals surface area (Å²) in [5, 5.41) is 0. The van der Waals surface area contributed by atoms with Gasteiger partial charge in [-0.05, 0) is 0 Å². The molecule has 2 N–H and O–H groups in total. The highest BCUT2D eigenvalue weighted by molar-refractivity contribution is 8.00. The van der Waals surface area contributed by atoms with Gasteiger partial charge in [-0.25, -0.2) is 8.42 Å². The van der Waals surface area contributed by atoms with Gasteiger partial charge in [-0.2, -0.15) is 11.8 Å². The Balaban J connectivity index is 3.39. The number of rotatable bonds is 6. The highest BCUT2D eigenvalue weighted by Gasteiger charge is 2.05. The van der Waals surface area contributed by atoms with Crippen molar-refractivity contribution in [3.63, 3.8) is 0 Å². The van der Waals surface area contributed by atoms with Gasteiger partial charge in [0.15, 0.2) is 9.84 Å². The fourth-order valence-corrected chi connectivity index (χ4v) is 2.66. The van der Waals surface area contributed by atoms with Crippen molar-refractivity contribution in [2.75, 3.05) is 29.6 Å². The standard InChI is InChI=1S/C6H15NO2S2/c1-2-11(8,9)6-5-10-4-3-7/h2-7H2,1H3. The number of hydrogen-bond donors (Lipinski definition) is 1. The van der Waals surface area contributed by atoms with Crippen LogP contribution in [0.5, 0.6) is 0 Å². The molecule has 0 radical (unpaired) electrons. The predicted octanol–water partition coefficient (Wildman–Crippen LogP) is 0.113. The minimum absolute atomic E-state index is 0.246. The van der Waals surface area contributed by atoms with Crippen LogP contribution in [0.2, 0.25) is 0 Å². The average molecular weight is 197 g/mol. The molecular formula is C6H15NO2S2. The molecule has 0 aromatic rings. The minimum atomic E-state index is -2.76.